The van der Waals surface area contributed by atoms with Crippen LogP contribution in [0.15, 0.2) is 10.9 Å². The van der Waals surface area contributed by atoms with E-state index in [1.54, 1.807) is 0 Å². The van der Waals surface area contributed by atoms with Crippen LogP contribution in [0, 0.1) is 15.5 Å². The Hall–Kier alpha value is -1.98. The molecule has 0 radical (unpaired) electrons. The SMILES string of the molecule is CC1(C)CC(=O)c2cc([N+](=O)[O-])c(=O)[nH]c2C1. The zero-order valence-corrected chi connectivity index (χ0v) is 9.57. The Morgan fingerprint density at radius 3 is 2.59 bits per heavy atom. The first kappa shape index (κ1) is 11.5. The zero-order chi connectivity index (χ0) is 12.8. The van der Waals surface area contributed by atoms with Gasteiger partial charge in [0.05, 0.1) is 4.92 Å². The number of rotatable bonds is 1. The molecule has 6 heteroatoms. The van der Waals surface area contributed by atoms with E-state index in [2.05, 4.69) is 4.98 Å². The van der Waals surface area contributed by atoms with Crippen molar-refractivity contribution in [2.45, 2.75) is 26.7 Å². The van der Waals surface area contributed by atoms with Gasteiger partial charge < -0.3 is 4.98 Å². The topological polar surface area (TPSA) is 93.1 Å². The number of hydrogen-bond donors (Lipinski definition) is 1. The summed E-state index contributed by atoms with van der Waals surface area (Å²) in [4.78, 5) is 35.6. The first-order valence-electron chi connectivity index (χ1n) is 5.24. The molecule has 0 fully saturated rings. The molecule has 6 nitrogen and oxygen atoms in total. The number of nitro groups is 1. The molecule has 0 aromatic carbocycles. The Kier molecular flexibility index (Phi) is 2.38. The molecule has 0 atom stereocenters. The minimum atomic E-state index is -0.772. The van der Waals surface area contributed by atoms with Gasteiger partial charge in [0, 0.05) is 23.7 Å². The fourth-order valence-corrected chi connectivity index (χ4v) is 2.15. The Labute approximate surface area is 96.8 Å². The molecule has 1 aliphatic rings. The maximum Gasteiger partial charge on any atom is 0.334 e. The van der Waals surface area contributed by atoms with Gasteiger partial charge in [0.15, 0.2) is 5.78 Å². The molecule has 0 amide bonds. The lowest BCUT2D eigenvalue weighted by Gasteiger charge is -2.29. The minimum Gasteiger partial charge on any atom is -0.320 e. The normalized spacial score (nSPS) is 17.6. The lowest BCUT2D eigenvalue weighted by molar-refractivity contribution is -0.386. The molecule has 1 N–H and O–H groups in total. The van der Waals surface area contributed by atoms with Crippen molar-refractivity contribution in [3.05, 3.63) is 37.8 Å². The van der Waals surface area contributed by atoms with Crippen molar-refractivity contribution >= 4 is 11.5 Å². The number of hydrogen-bond acceptors (Lipinski definition) is 4. The summed E-state index contributed by atoms with van der Waals surface area (Å²) in [6.45, 7) is 3.85. The molecule has 0 spiro atoms. The molecule has 1 aliphatic carbocycles. The van der Waals surface area contributed by atoms with Crippen molar-refractivity contribution in [2.75, 3.05) is 0 Å². The highest BCUT2D eigenvalue weighted by Gasteiger charge is 2.33. The van der Waals surface area contributed by atoms with Crippen LogP contribution in [0.3, 0.4) is 0 Å². The van der Waals surface area contributed by atoms with Crippen molar-refractivity contribution in [3.8, 4) is 0 Å². The van der Waals surface area contributed by atoms with E-state index in [1.807, 2.05) is 13.8 Å². The summed E-state index contributed by atoms with van der Waals surface area (Å²) in [5, 5.41) is 10.6. The monoisotopic (exact) mass is 236 g/mol. The van der Waals surface area contributed by atoms with Crippen molar-refractivity contribution < 1.29 is 9.72 Å². The van der Waals surface area contributed by atoms with Crippen LogP contribution in [-0.2, 0) is 6.42 Å². The molecule has 1 heterocycles. The summed E-state index contributed by atoms with van der Waals surface area (Å²) in [7, 11) is 0. The molecule has 0 unspecified atom stereocenters. The Morgan fingerprint density at radius 2 is 2.00 bits per heavy atom. The van der Waals surface area contributed by atoms with E-state index in [4.69, 9.17) is 0 Å². The number of carbonyl (C=O) groups is 1. The highest BCUT2D eigenvalue weighted by Crippen LogP contribution is 2.33. The summed E-state index contributed by atoms with van der Waals surface area (Å²) in [5.74, 6) is -0.157. The van der Waals surface area contributed by atoms with Crippen LogP contribution in [-0.4, -0.2) is 15.7 Å². The van der Waals surface area contributed by atoms with Crippen molar-refractivity contribution in [2.24, 2.45) is 5.41 Å². The minimum absolute atomic E-state index is 0.157. The number of ketones is 1. The fraction of sp³-hybridized carbons (Fsp3) is 0.455. The lowest BCUT2D eigenvalue weighted by atomic mass is 9.75. The average Bonchev–Trinajstić information content (AvgIpc) is 2.13. The lowest BCUT2D eigenvalue weighted by Crippen LogP contribution is -2.30. The smallest absolute Gasteiger partial charge is 0.320 e. The van der Waals surface area contributed by atoms with Gasteiger partial charge in [0.2, 0.25) is 0 Å². The molecule has 0 saturated carbocycles. The fourth-order valence-electron chi connectivity index (χ4n) is 2.15. The van der Waals surface area contributed by atoms with E-state index in [1.165, 1.54) is 0 Å². The van der Waals surface area contributed by atoms with Gasteiger partial charge in [-0.05, 0) is 11.8 Å². The van der Waals surface area contributed by atoms with Crippen molar-refractivity contribution in [3.63, 3.8) is 0 Å². The summed E-state index contributed by atoms with van der Waals surface area (Å²) >= 11 is 0. The Morgan fingerprint density at radius 1 is 1.35 bits per heavy atom. The molecule has 0 saturated heterocycles. The number of aromatic nitrogens is 1. The number of nitrogens with one attached hydrogen (secondary N) is 1. The predicted octanol–water partition coefficient (Wildman–Crippen LogP) is 1.44. The van der Waals surface area contributed by atoms with Crippen LogP contribution in [0.5, 0.6) is 0 Å². The Bertz CT molecular complexity index is 571. The van der Waals surface area contributed by atoms with E-state index in [9.17, 15) is 19.7 Å². The van der Waals surface area contributed by atoms with Crippen LogP contribution in [0.1, 0.15) is 36.3 Å². The third kappa shape index (κ3) is 1.98. The predicted molar refractivity (Wildman–Crippen MR) is 60.1 cm³/mol. The number of H-pyrrole nitrogens is 1. The molecular weight excluding hydrogens is 224 g/mol. The second kappa shape index (κ2) is 3.51. The summed E-state index contributed by atoms with van der Waals surface area (Å²) in [6, 6.07) is 1.09. The van der Waals surface area contributed by atoms with Crippen LogP contribution >= 0.6 is 0 Å². The zero-order valence-electron chi connectivity index (χ0n) is 9.57. The van der Waals surface area contributed by atoms with Gasteiger partial charge in [-0.3, -0.25) is 19.7 Å². The quantitative estimate of drug-likeness (QED) is 0.589. The number of aromatic amines is 1. The van der Waals surface area contributed by atoms with Crippen LogP contribution in [0.25, 0.3) is 0 Å². The molecule has 1 aromatic heterocycles. The van der Waals surface area contributed by atoms with E-state index in [0.29, 0.717) is 18.5 Å². The van der Waals surface area contributed by atoms with Gasteiger partial charge in [-0.2, -0.15) is 0 Å². The number of carbonyl (C=O) groups excluding carboxylic acids is 1. The molecule has 90 valence electrons. The molecular formula is C11H12N2O4. The maximum absolute atomic E-state index is 11.8. The van der Waals surface area contributed by atoms with E-state index in [-0.39, 0.29) is 16.8 Å². The average molecular weight is 236 g/mol. The van der Waals surface area contributed by atoms with Crippen LogP contribution in [0.4, 0.5) is 5.69 Å². The highest BCUT2D eigenvalue weighted by molar-refractivity contribution is 5.99. The summed E-state index contributed by atoms with van der Waals surface area (Å²) < 4.78 is 0. The van der Waals surface area contributed by atoms with E-state index in [0.717, 1.165) is 6.07 Å². The molecule has 2 rings (SSSR count). The van der Waals surface area contributed by atoms with Gasteiger partial charge in [0.25, 0.3) is 0 Å². The third-order valence-electron chi connectivity index (χ3n) is 2.89. The van der Waals surface area contributed by atoms with Crippen LogP contribution < -0.4 is 5.56 Å². The van der Waals surface area contributed by atoms with Crippen molar-refractivity contribution in [1.29, 1.82) is 0 Å². The number of pyridine rings is 1. The second-order valence-electron chi connectivity index (χ2n) is 5.07. The standard InChI is InChI=1S/C11H12N2O4/c1-11(2)4-7-6(9(14)5-11)3-8(13(16)17)10(15)12-7/h3H,4-5H2,1-2H3,(H,12,15). The largest absolute Gasteiger partial charge is 0.334 e. The van der Waals surface area contributed by atoms with E-state index < -0.39 is 16.2 Å². The summed E-state index contributed by atoms with van der Waals surface area (Å²) in [5.41, 5.74) is -0.767. The second-order valence-corrected chi connectivity index (χ2v) is 5.07. The first-order valence-corrected chi connectivity index (χ1v) is 5.24. The summed E-state index contributed by atoms with van der Waals surface area (Å²) in [6.07, 6.45) is 0.879. The third-order valence-corrected chi connectivity index (χ3v) is 2.89. The molecule has 0 aliphatic heterocycles. The van der Waals surface area contributed by atoms with Crippen molar-refractivity contribution in [1.82, 2.24) is 4.98 Å². The molecule has 0 bridgehead atoms. The first-order chi connectivity index (χ1) is 7.80. The van der Waals surface area contributed by atoms with Gasteiger partial charge in [-0.1, -0.05) is 13.8 Å². The number of fused-ring (bicyclic) bond motifs is 1. The maximum atomic E-state index is 11.8. The number of nitrogens with zero attached hydrogens (tertiary/aromatic N) is 1. The van der Waals surface area contributed by atoms with Gasteiger partial charge in [-0.25, -0.2) is 0 Å². The molecule has 17 heavy (non-hydrogen) atoms. The highest BCUT2D eigenvalue weighted by atomic mass is 16.6. The van der Waals surface area contributed by atoms with Crippen LogP contribution in [0.2, 0.25) is 0 Å². The van der Waals surface area contributed by atoms with E-state index >= 15 is 0 Å². The Balaban J connectivity index is 2.62. The number of Topliss-reactive ketones (excluding diaryl/α,β-unsaturated/α-hetero) is 1. The van der Waals surface area contributed by atoms with Gasteiger partial charge in [0.1, 0.15) is 0 Å². The van der Waals surface area contributed by atoms with Gasteiger partial charge in [-0.15, -0.1) is 0 Å². The van der Waals surface area contributed by atoms with Gasteiger partial charge >= 0.3 is 11.2 Å². The molecule has 1 aromatic rings.